The Morgan fingerprint density at radius 3 is 2.72 bits per heavy atom. The Bertz CT molecular complexity index is 501. The van der Waals surface area contributed by atoms with Crippen LogP contribution in [0.4, 0.5) is 5.69 Å². The first-order chi connectivity index (χ1) is 8.49. The maximum absolute atomic E-state index is 11.2. The maximum Gasteiger partial charge on any atom is 0.222 e. The highest BCUT2D eigenvalue weighted by Gasteiger charge is 2.28. The standard InChI is InChI=1S/C13H17N3OS/c1-8-2-3-10(13(15)18)11(6-8)16-5-4-9(7-16)12(14)17/h2-3,6,9H,4-5,7H2,1H3,(H2,14,17)(H2,15,18). The highest BCUT2D eigenvalue weighted by molar-refractivity contribution is 7.80. The molecule has 0 spiro atoms. The molecule has 1 aliphatic rings. The lowest BCUT2D eigenvalue weighted by molar-refractivity contribution is -0.121. The predicted octanol–water partition coefficient (Wildman–Crippen LogP) is 0.941. The Labute approximate surface area is 112 Å². The van der Waals surface area contributed by atoms with Crippen LogP contribution in [0.15, 0.2) is 18.2 Å². The van der Waals surface area contributed by atoms with Gasteiger partial charge in [0, 0.05) is 24.3 Å². The second kappa shape index (κ2) is 4.94. The summed E-state index contributed by atoms with van der Waals surface area (Å²) >= 11 is 5.07. The second-order valence-electron chi connectivity index (χ2n) is 4.72. The zero-order valence-electron chi connectivity index (χ0n) is 10.3. The van der Waals surface area contributed by atoms with Gasteiger partial charge in [-0.25, -0.2) is 0 Å². The van der Waals surface area contributed by atoms with Crippen molar-refractivity contribution in [1.82, 2.24) is 0 Å². The maximum atomic E-state index is 11.2. The summed E-state index contributed by atoms with van der Waals surface area (Å²) in [4.78, 5) is 13.7. The summed E-state index contributed by atoms with van der Waals surface area (Å²) in [6, 6.07) is 5.97. The molecule has 2 rings (SSSR count). The molecule has 0 aliphatic carbocycles. The van der Waals surface area contributed by atoms with Gasteiger partial charge in [0.05, 0.1) is 5.92 Å². The van der Waals surface area contributed by atoms with Gasteiger partial charge in [0.2, 0.25) is 5.91 Å². The number of hydrogen-bond donors (Lipinski definition) is 2. The summed E-state index contributed by atoms with van der Waals surface area (Å²) in [5.41, 5.74) is 14.1. The van der Waals surface area contributed by atoms with E-state index in [2.05, 4.69) is 11.0 Å². The summed E-state index contributed by atoms with van der Waals surface area (Å²) in [6.07, 6.45) is 0.792. The van der Waals surface area contributed by atoms with Crippen molar-refractivity contribution in [1.29, 1.82) is 0 Å². The number of anilines is 1. The number of aryl methyl sites for hydroxylation is 1. The number of primary amides is 1. The predicted molar refractivity (Wildman–Crippen MR) is 76.6 cm³/mol. The number of carbonyl (C=O) groups excluding carboxylic acids is 1. The van der Waals surface area contributed by atoms with E-state index in [-0.39, 0.29) is 11.8 Å². The first-order valence-corrected chi connectivity index (χ1v) is 6.34. The SMILES string of the molecule is Cc1ccc(C(N)=S)c(N2CCC(C(N)=O)C2)c1. The van der Waals surface area contributed by atoms with Crippen molar-refractivity contribution in [2.75, 3.05) is 18.0 Å². The van der Waals surface area contributed by atoms with Gasteiger partial charge in [-0.15, -0.1) is 0 Å². The van der Waals surface area contributed by atoms with Crippen molar-refractivity contribution in [3.05, 3.63) is 29.3 Å². The Morgan fingerprint density at radius 1 is 1.44 bits per heavy atom. The molecule has 1 aromatic rings. The normalized spacial score (nSPS) is 18.9. The summed E-state index contributed by atoms with van der Waals surface area (Å²) in [7, 11) is 0. The number of nitrogens with two attached hydrogens (primary N) is 2. The van der Waals surface area contributed by atoms with Gasteiger partial charge in [-0.2, -0.15) is 0 Å². The minimum Gasteiger partial charge on any atom is -0.389 e. The van der Waals surface area contributed by atoms with Crippen LogP contribution in [-0.4, -0.2) is 24.0 Å². The Hall–Kier alpha value is -1.62. The van der Waals surface area contributed by atoms with E-state index in [0.29, 0.717) is 11.5 Å². The van der Waals surface area contributed by atoms with E-state index in [1.54, 1.807) is 0 Å². The van der Waals surface area contributed by atoms with Crippen molar-refractivity contribution < 1.29 is 4.79 Å². The molecule has 0 radical (unpaired) electrons. The van der Waals surface area contributed by atoms with E-state index in [9.17, 15) is 4.79 Å². The molecule has 1 unspecified atom stereocenters. The van der Waals surface area contributed by atoms with Gasteiger partial charge in [-0.1, -0.05) is 18.3 Å². The Morgan fingerprint density at radius 2 is 2.17 bits per heavy atom. The van der Waals surface area contributed by atoms with Gasteiger partial charge >= 0.3 is 0 Å². The number of nitrogens with zero attached hydrogens (tertiary/aromatic N) is 1. The van der Waals surface area contributed by atoms with Gasteiger partial charge in [0.15, 0.2) is 0 Å². The number of benzene rings is 1. The smallest absolute Gasteiger partial charge is 0.222 e. The highest BCUT2D eigenvalue weighted by Crippen LogP contribution is 2.28. The van der Waals surface area contributed by atoms with Crippen LogP contribution in [0.1, 0.15) is 17.5 Å². The number of amides is 1. The molecule has 5 heteroatoms. The monoisotopic (exact) mass is 263 g/mol. The molecule has 1 saturated heterocycles. The van der Waals surface area contributed by atoms with Gasteiger partial charge in [-0.05, 0) is 31.0 Å². The van der Waals surface area contributed by atoms with Crippen LogP contribution in [0.5, 0.6) is 0 Å². The third-order valence-electron chi connectivity index (χ3n) is 3.35. The topological polar surface area (TPSA) is 72.3 Å². The number of thiocarbonyl (C=S) groups is 1. The van der Waals surface area contributed by atoms with Gasteiger partial charge in [0.25, 0.3) is 0 Å². The third-order valence-corrected chi connectivity index (χ3v) is 3.57. The Kier molecular flexibility index (Phi) is 3.52. The fourth-order valence-corrected chi connectivity index (χ4v) is 2.50. The molecule has 1 heterocycles. The Balaban J connectivity index is 2.31. The summed E-state index contributed by atoms with van der Waals surface area (Å²) in [5, 5.41) is 0. The average Bonchev–Trinajstić information content (AvgIpc) is 2.77. The fourth-order valence-electron chi connectivity index (χ4n) is 2.32. The lowest BCUT2D eigenvalue weighted by atomic mass is 10.1. The summed E-state index contributed by atoms with van der Waals surface area (Å²) in [5.74, 6) is -0.313. The molecule has 1 amide bonds. The van der Waals surface area contributed by atoms with Crippen molar-refractivity contribution in [2.24, 2.45) is 17.4 Å². The number of hydrogen-bond acceptors (Lipinski definition) is 3. The molecule has 1 fully saturated rings. The molecule has 1 atom stereocenters. The zero-order valence-corrected chi connectivity index (χ0v) is 11.2. The summed E-state index contributed by atoms with van der Waals surface area (Å²) in [6.45, 7) is 3.48. The van der Waals surface area contributed by atoms with E-state index in [0.717, 1.165) is 29.8 Å². The minimum absolute atomic E-state index is 0.0790. The van der Waals surface area contributed by atoms with Crippen molar-refractivity contribution in [3.8, 4) is 0 Å². The largest absolute Gasteiger partial charge is 0.389 e. The van der Waals surface area contributed by atoms with E-state index >= 15 is 0 Å². The molecule has 4 N–H and O–H groups in total. The van der Waals surface area contributed by atoms with Crippen molar-refractivity contribution in [3.63, 3.8) is 0 Å². The summed E-state index contributed by atoms with van der Waals surface area (Å²) < 4.78 is 0. The van der Waals surface area contributed by atoms with Crippen molar-refractivity contribution >= 4 is 28.8 Å². The lowest BCUT2D eigenvalue weighted by Gasteiger charge is -2.22. The molecule has 0 bridgehead atoms. The second-order valence-corrected chi connectivity index (χ2v) is 5.16. The van der Waals surface area contributed by atoms with Crippen LogP contribution in [-0.2, 0) is 4.79 Å². The molecular weight excluding hydrogens is 246 g/mol. The molecule has 1 aliphatic heterocycles. The zero-order chi connectivity index (χ0) is 13.3. The van der Waals surface area contributed by atoms with Gasteiger partial charge in [0.1, 0.15) is 4.99 Å². The first kappa shape index (κ1) is 12.8. The number of rotatable bonds is 3. The van der Waals surface area contributed by atoms with Crippen LogP contribution < -0.4 is 16.4 Å². The quantitative estimate of drug-likeness (QED) is 0.796. The number of carbonyl (C=O) groups is 1. The first-order valence-electron chi connectivity index (χ1n) is 5.93. The molecule has 18 heavy (non-hydrogen) atoms. The van der Waals surface area contributed by atoms with Crippen LogP contribution in [0, 0.1) is 12.8 Å². The average molecular weight is 263 g/mol. The highest BCUT2D eigenvalue weighted by atomic mass is 32.1. The van der Waals surface area contributed by atoms with Gasteiger partial charge < -0.3 is 16.4 Å². The molecule has 1 aromatic carbocycles. The lowest BCUT2D eigenvalue weighted by Crippen LogP contribution is -2.28. The molecule has 0 aromatic heterocycles. The van der Waals surface area contributed by atoms with E-state index < -0.39 is 0 Å². The van der Waals surface area contributed by atoms with Crippen LogP contribution >= 0.6 is 12.2 Å². The van der Waals surface area contributed by atoms with Crippen LogP contribution in [0.2, 0.25) is 0 Å². The fraction of sp³-hybridized carbons (Fsp3) is 0.385. The van der Waals surface area contributed by atoms with Crippen LogP contribution in [0.25, 0.3) is 0 Å². The third kappa shape index (κ3) is 2.46. The molecule has 0 saturated carbocycles. The molecule has 4 nitrogen and oxygen atoms in total. The van der Waals surface area contributed by atoms with Crippen molar-refractivity contribution in [2.45, 2.75) is 13.3 Å². The van der Waals surface area contributed by atoms with E-state index in [4.69, 9.17) is 23.7 Å². The van der Waals surface area contributed by atoms with Crippen LogP contribution in [0.3, 0.4) is 0 Å². The van der Waals surface area contributed by atoms with E-state index in [1.807, 2.05) is 19.1 Å². The minimum atomic E-state index is -0.234. The van der Waals surface area contributed by atoms with E-state index in [1.165, 1.54) is 0 Å². The molecule has 96 valence electrons. The van der Waals surface area contributed by atoms with Gasteiger partial charge in [-0.3, -0.25) is 4.79 Å². The molecular formula is C13H17N3OS.